The molecule has 0 spiro atoms. The molecule has 0 heterocycles. The fourth-order valence-electron chi connectivity index (χ4n) is 0.400. The lowest BCUT2D eigenvalue weighted by molar-refractivity contribution is 0.811. The average molecular weight is 198 g/mol. The maximum absolute atomic E-state index is 5.38. The van der Waals surface area contributed by atoms with Gasteiger partial charge in [-0.2, -0.15) is 0 Å². The summed E-state index contributed by atoms with van der Waals surface area (Å²) in [4.78, 5) is 0. The second-order valence-electron chi connectivity index (χ2n) is 1.66. The molecule has 0 amide bonds. The van der Waals surface area contributed by atoms with Crippen molar-refractivity contribution in [3.05, 3.63) is 10.0 Å². The summed E-state index contributed by atoms with van der Waals surface area (Å²) in [6.45, 7) is 2.16. The Labute approximate surface area is 64.0 Å². The minimum atomic E-state index is 1.07. The van der Waals surface area contributed by atoms with Gasteiger partial charge in [0.25, 0.3) is 0 Å². The molecular weight excluding hydrogens is 187 g/mol. The summed E-state index contributed by atoms with van der Waals surface area (Å²) >= 11 is 8.69. The van der Waals surface area contributed by atoms with E-state index < -0.39 is 0 Å². The van der Waals surface area contributed by atoms with Crippen LogP contribution in [-0.4, -0.2) is 0 Å². The van der Waals surface area contributed by atoms with E-state index in [9.17, 15) is 0 Å². The van der Waals surface area contributed by atoms with Crippen molar-refractivity contribution in [2.45, 2.75) is 26.2 Å². The van der Waals surface area contributed by atoms with E-state index in [4.69, 9.17) is 11.6 Å². The topological polar surface area (TPSA) is 0 Å². The van der Waals surface area contributed by atoms with Crippen LogP contribution in [0.3, 0.4) is 0 Å². The van der Waals surface area contributed by atoms with Crippen LogP contribution in [0.1, 0.15) is 26.2 Å². The van der Waals surface area contributed by atoms with Gasteiger partial charge in [-0.3, -0.25) is 0 Å². The third kappa shape index (κ3) is 4.66. The molecule has 0 atom stereocenters. The summed E-state index contributed by atoms with van der Waals surface area (Å²) in [6.07, 6.45) is 3.50. The van der Waals surface area contributed by atoms with E-state index in [0.717, 1.165) is 10.9 Å². The van der Waals surface area contributed by atoms with Gasteiger partial charge >= 0.3 is 0 Å². The number of rotatable bonds is 3. The van der Waals surface area contributed by atoms with Crippen LogP contribution >= 0.6 is 27.5 Å². The van der Waals surface area contributed by atoms with Crippen molar-refractivity contribution >= 4 is 27.5 Å². The molecule has 0 aromatic rings. The summed E-state index contributed by atoms with van der Waals surface area (Å²) in [5.41, 5.74) is 1.58. The molecule has 0 unspecified atom stereocenters. The van der Waals surface area contributed by atoms with E-state index >= 15 is 0 Å². The van der Waals surface area contributed by atoms with Crippen LogP contribution in [-0.2, 0) is 0 Å². The molecule has 0 aromatic heterocycles. The van der Waals surface area contributed by atoms with Crippen LogP contribution in [0.25, 0.3) is 0 Å². The third-order valence-corrected chi connectivity index (χ3v) is 2.04. The fourth-order valence-corrected chi connectivity index (χ4v) is 0.790. The molecule has 0 aliphatic heterocycles. The van der Waals surface area contributed by atoms with Crippen molar-refractivity contribution in [3.8, 4) is 0 Å². The first-order valence-corrected chi connectivity index (χ1v) is 3.99. The number of hydrogen-bond donors (Lipinski definition) is 0. The molecule has 0 fully saturated rings. The lowest BCUT2D eigenvalue weighted by Crippen LogP contribution is -1.69. The molecule has 0 nitrogen and oxygen atoms in total. The van der Waals surface area contributed by atoms with E-state index in [2.05, 4.69) is 22.9 Å². The molecule has 8 heavy (non-hydrogen) atoms. The SMILES string of the molecule is CCCC/C(Br)=C\Cl. The van der Waals surface area contributed by atoms with Crippen LogP contribution < -0.4 is 0 Å². The number of unbranched alkanes of at least 4 members (excludes halogenated alkanes) is 1. The zero-order chi connectivity index (χ0) is 6.41. The molecule has 0 rings (SSSR count). The maximum atomic E-state index is 5.38. The highest BCUT2D eigenvalue weighted by Crippen LogP contribution is 2.14. The van der Waals surface area contributed by atoms with Crippen molar-refractivity contribution in [2.75, 3.05) is 0 Å². The Balaban J connectivity index is 3.12. The largest absolute Gasteiger partial charge is 0.0921 e. The third-order valence-electron chi connectivity index (χ3n) is 0.888. The van der Waals surface area contributed by atoms with E-state index in [1.165, 1.54) is 12.8 Å². The minimum Gasteiger partial charge on any atom is -0.0921 e. The van der Waals surface area contributed by atoms with E-state index in [1.54, 1.807) is 5.54 Å². The van der Waals surface area contributed by atoms with Crippen LogP contribution in [0.15, 0.2) is 10.0 Å². The fraction of sp³-hybridized carbons (Fsp3) is 0.667. The van der Waals surface area contributed by atoms with E-state index in [1.807, 2.05) is 0 Å². The summed E-state index contributed by atoms with van der Waals surface area (Å²) in [5, 5.41) is 0. The number of hydrogen-bond acceptors (Lipinski definition) is 0. The Hall–Kier alpha value is 0.510. The highest BCUT2D eigenvalue weighted by molar-refractivity contribution is 9.11. The van der Waals surface area contributed by atoms with Crippen LogP contribution in [0.2, 0.25) is 0 Å². The van der Waals surface area contributed by atoms with Gasteiger partial charge in [0.1, 0.15) is 0 Å². The Bertz CT molecular complexity index is 78.6. The van der Waals surface area contributed by atoms with Crippen molar-refractivity contribution in [1.82, 2.24) is 0 Å². The first-order chi connectivity index (χ1) is 3.81. The van der Waals surface area contributed by atoms with E-state index in [-0.39, 0.29) is 0 Å². The van der Waals surface area contributed by atoms with Gasteiger partial charge in [0.05, 0.1) is 0 Å². The van der Waals surface area contributed by atoms with Crippen LogP contribution in [0.5, 0.6) is 0 Å². The Morgan fingerprint density at radius 2 is 2.38 bits per heavy atom. The Morgan fingerprint density at radius 3 is 2.75 bits per heavy atom. The molecule has 0 aromatic carbocycles. The number of allylic oxidation sites excluding steroid dienone is 1. The van der Waals surface area contributed by atoms with Crippen LogP contribution in [0.4, 0.5) is 0 Å². The normalized spacial score (nSPS) is 12.1. The van der Waals surface area contributed by atoms with Gasteiger partial charge in [-0.05, 0) is 12.8 Å². The first-order valence-electron chi connectivity index (χ1n) is 2.76. The van der Waals surface area contributed by atoms with Gasteiger partial charge in [0.15, 0.2) is 0 Å². The Kier molecular flexibility index (Phi) is 6.00. The lowest BCUT2D eigenvalue weighted by Gasteiger charge is -1.91. The monoisotopic (exact) mass is 196 g/mol. The molecule has 0 saturated heterocycles. The predicted octanol–water partition coefficient (Wildman–Crippen LogP) is 3.65. The van der Waals surface area contributed by atoms with Crippen molar-refractivity contribution in [2.24, 2.45) is 0 Å². The Morgan fingerprint density at radius 1 is 1.75 bits per heavy atom. The second kappa shape index (κ2) is 5.64. The lowest BCUT2D eigenvalue weighted by atomic mass is 10.2. The van der Waals surface area contributed by atoms with Crippen LogP contribution in [0, 0.1) is 0 Å². The van der Waals surface area contributed by atoms with Gasteiger partial charge in [-0.1, -0.05) is 40.9 Å². The van der Waals surface area contributed by atoms with E-state index in [0.29, 0.717) is 0 Å². The summed E-state index contributed by atoms with van der Waals surface area (Å²) < 4.78 is 1.10. The minimum absolute atomic E-state index is 1.07. The highest BCUT2D eigenvalue weighted by atomic mass is 79.9. The van der Waals surface area contributed by atoms with Gasteiger partial charge in [-0.25, -0.2) is 0 Å². The first kappa shape index (κ1) is 8.51. The zero-order valence-electron chi connectivity index (χ0n) is 4.95. The average Bonchev–Trinajstić information content (AvgIpc) is 1.83. The smallest absolute Gasteiger partial charge is 0.0144 e. The molecule has 0 aliphatic carbocycles. The van der Waals surface area contributed by atoms with Gasteiger partial charge < -0.3 is 0 Å². The summed E-state index contributed by atoms with van der Waals surface area (Å²) in [5.74, 6) is 0. The molecule has 0 aliphatic rings. The molecule has 0 radical (unpaired) electrons. The summed E-state index contributed by atoms with van der Waals surface area (Å²) in [7, 11) is 0. The van der Waals surface area contributed by atoms with Gasteiger partial charge in [0.2, 0.25) is 0 Å². The summed E-state index contributed by atoms with van der Waals surface area (Å²) in [6, 6.07) is 0. The van der Waals surface area contributed by atoms with Crippen molar-refractivity contribution < 1.29 is 0 Å². The molecule has 2 heteroatoms. The predicted molar refractivity (Wildman–Crippen MR) is 42.4 cm³/mol. The van der Waals surface area contributed by atoms with Crippen molar-refractivity contribution in [3.63, 3.8) is 0 Å². The highest BCUT2D eigenvalue weighted by Gasteiger charge is 1.86. The second-order valence-corrected chi connectivity index (χ2v) is 2.90. The zero-order valence-corrected chi connectivity index (χ0v) is 7.30. The molecule has 48 valence electrons. The van der Waals surface area contributed by atoms with Gasteiger partial charge in [-0.15, -0.1) is 0 Å². The molecule has 0 bridgehead atoms. The quantitative estimate of drug-likeness (QED) is 0.648. The molecule has 0 saturated carbocycles. The van der Waals surface area contributed by atoms with Gasteiger partial charge in [0, 0.05) is 10.0 Å². The maximum Gasteiger partial charge on any atom is 0.0144 e. The molecular formula is C6H10BrCl. The number of halogens is 2. The van der Waals surface area contributed by atoms with Crippen molar-refractivity contribution in [1.29, 1.82) is 0 Å². The standard InChI is InChI=1S/C6H10BrCl/c1-2-3-4-6(7)5-8/h5H,2-4H2,1H3/b6-5+. The molecule has 0 N–H and O–H groups in total.